The number of hydrogen-bond acceptors (Lipinski definition) is 3. The number of nitrogens with one attached hydrogen (secondary N) is 2. The molecular weight excluding hydrogens is 388 g/mol. The van der Waals surface area contributed by atoms with Gasteiger partial charge in [-0.05, 0) is 42.3 Å². The summed E-state index contributed by atoms with van der Waals surface area (Å²) in [6, 6.07) is 24.2. The first-order chi connectivity index (χ1) is 15.2. The third-order valence-corrected chi connectivity index (χ3v) is 4.82. The van der Waals surface area contributed by atoms with Crippen molar-refractivity contribution >= 4 is 17.5 Å². The van der Waals surface area contributed by atoms with E-state index < -0.39 is 0 Å². The van der Waals surface area contributed by atoms with Crippen molar-refractivity contribution in [3.8, 4) is 5.75 Å². The molecule has 2 N–H and O–H groups in total. The number of anilines is 1. The van der Waals surface area contributed by atoms with Gasteiger partial charge in [0.1, 0.15) is 5.75 Å². The number of carbonyl (C=O) groups excluding carboxylic acids is 2. The van der Waals surface area contributed by atoms with E-state index in [9.17, 15) is 9.59 Å². The fraction of sp³-hybridized carbons (Fsp3) is 0.231. The summed E-state index contributed by atoms with van der Waals surface area (Å²) >= 11 is 0. The number of amides is 2. The van der Waals surface area contributed by atoms with E-state index in [1.54, 1.807) is 42.5 Å². The lowest BCUT2D eigenvalue weighted by molar-refractivity contribution is 0.0951. The van der Waals surface area contributed by atoms with Crippen molar-refractivity contribution in [3.63, 3.8) is 0 Å². The Labute approximate surface area is 183 Å². The predicted octanol–water partition coefficient (Wildman–Crippen LogP) is 5.09. The van der Waals surface area contributed by atoms with Crippen LogP contribution in [-0.2, 0) is 6.42 Å². The summed E-state index contributed by atoms with van der Waals surface area (Å²) in [5.74, 6) is 0.109. The van der Waals surface area contributed by atoms with Crippen LogP contribution in [0.4, 0.5) is 5.69 Å². The van der Waals surface area contributed by atoms with E-state index in [1.807, 2.05) is 36.4 Å². The molecule has 0 fully saturated rings. The maximum Gasteiger partial charge on any atom is 0.259 e. The monoisotopic (exact) mass is 416 g/mol. The Morgan fingerprint density at radius 2 is 1.65 bits per heavy atom. The lowest BCUT2D eigenvalue weighted by Gasteiger charge is -2.12. The van der Waals surface area contributed by atoms with Crippen molar-refractivity contribution in [1.82, 2.24) is 5.32 Å². The molecule has 0 aromatic heterocycles. The van der Waals surface area contributed by atoms with Gasteiger partial charge in [-0.1, -0.05) is 61.9 Å². The van der Waals surface area contributed by atoms with Crippen LogP contribution in [0.3, 0.4) is 0 Å². The summed E-state index contributed by atoms with van der Waals surface area (Å²) in [7, 11) is 0. The summed E-state index contributed by atoms with van der Waals surface area (Å²) in [6.45, 7) is 3.19. The molecule has 0 saturated carbocycles. The van der Waals surface area contributed by atoms with Crippen LogP contribution in [-0.4, -0.2) is 25.0 Å². The van der Waals surface area contributed by atoms with Crippen LogP contribution in [0.25, 0.3) is 0 Å². The Morgan fingerprint density at radius 3 is 2.45 bits per heavy atom. The van der Waals surface area contributed by atoms with Gasteiger partial charge in [0.2, 0.25) is 0 Å². The molecular formula is C26H28N2O3. The Hall–Kier alpha value is -3.60. The van der Waals surface area contributed by atoms with Crippen LogP contribution < -0.4 is 15.4 Å². The van der Waals surface area contributed by atoms with Gasteiger partial charge in [-0.15, -0.1) is 0 Å². The zero-order chi connectivity index (χ0) is 21.9. The third-order valence-electron chi connectivity index (χ3n) is 4.82. The summed E-state index contributed by atoms with van der Waals surface area (Å²) in [4.78, 5) is 25.1. The van der Waals surface area contributed by atoms with Gasteiger partial charge in [0.25, 0.3) is 11.8 Å². The van der Waals surface area contributed by atoms with Crippen molar-refractivity contribution in [2.24, 2.45) is 0 Å². The molecule has 2 amide bonds. The SMILES string of the molecule is CCCCNC(=O)c1cccc(NC(=O)c2ccccc2OCCc2ccccc2)c1. The molecule has 31 heavy (non-hydrogen) atoms. The summed E-state index contributed by atoms with van der Waals surface area (Å²) < 4.78 is 5.89. The van der Waals surface area contributed by atoms with E-state index in [-0.39, 0.29) is 11.8 Å². The van der Waals surface area contributed by atoms with Crippen LogP contribution in [0.5, 0.6) is 5.75 Å². The zero-order valence-electron chi connectivity index (χ0n) is 17.8. The molecule has 0 saturated heterocycles. The quantitative estimate of drug-likeness (QED) is 0.452. The first-order valence-electron chi connectivity index (χ1n) is 10.6. The molecule has 5 heteroatoms. The van der Waals surface area contributed by atoms with E-state index in [0.717, 1.165) is 19.3 Å². The molecule has 5 nitrogen and oxygen atoms in total. The van der Waals surface area contributed by atoms with E-state index in [0.29, 0.717) is 35.7 Å². The van der Waals surface area contributed by atoms with Crippen LogP contribution in [0.2, 0.25) is 0 Å². The van der Waals surface area contributed by atoms with Crippen LogP contribution in [0.15, 0.2) is 78.9 Å². The minimum atomic E-state index is -0.279. The average molecular weight is 417 g/mol. The fourth-order valence-corrected chi connectivity index (χ4v) is 3.12. The highest BCUT2D eigenvalue weighted by Gasteiger charge is 2.13. The van der Waals surface area contributed by atoms with Crippen molar-refractivity contribution < 1.29 is 14.3 Å². The van der Waals surface area contributed by atoms with Gasteiger partial charge < -0.3 is 15.4 Å². The molecule has 0 aliphatic rings. The molecule has 0 radical (unpaired) electrons. The molecule has 160 valence electrons. The van der Waals surface area contributed by atoms with Gasteiger partial charge in [-0.2, -0.15) is 0 Å². The van der Waals surface area contributed by atoms with E-state index >= 15 is 0 Å². The fourth-order valence-electron chi connectivity index (χ4n) is 3.12. The lowest BCUT2D eigenvalue weighted by Crippen LogP contribution is -2.24. The highest BCUT2D eigenvalue weighted by atomic mass is 16.5. The molecule has 0 atom stereocenters. The minimum absolute atomic E-state index is 0.144. The van der Waals surface area contributed by atoms with Crippen molar-refractivity contribution in [1.29, 1.82) is 0 Å². The second-order valence-electron chi connectivity index (χ2n) is 7.22. The number of hydrogen-bond donors (Lipinski definition) is 2. The van der Waals surface area contributed by atoms with Gasteiger partial charge in [-0.3, -0.25) is 9.59 Å². The highest BCUT2D eigenvalue weighted by Crippen LogP contribution is 2.21. The maximum atomic E-state index is 12.9. The second-order valence-corrected chi connectivity index (χ2v) is 7.22. The van der Waals surface area contributed by atoms with Gasteiger partial charge in [0.05, 0.1) is 12.2 Å². The summed E-state index contributed by atoms with van der Waals surface area (Å²) in [5.41, 5.74) is 2.71. The minimum Gasteiger partial charge on any atom is -0.492 e. The Bertz CT molecular complexity index is 1000. The van der Waals surface area contributed by atoms with E-state index in [4.69, 9.17) is 4.74 Å². The standard InChI is InChI=1S/C26H28N2O3/c1-2-3-17-27-25(29)21-12-9-13-22(19-21)28-26(30)23-14-7-8-15-24(23)31-18-16-20-10-5-4-6-11-20/h4-15,19H,2-3,16-18H2,1H3,(H,27,29)(H,28,30). The van der Waals surface area contributed by atoms with Crippen molar-refractivity contribution in [2.75, 3.05) is 18.5 Å². The number of unbranched alkanes of at least 4 members (excludes halogenated alkanes) is 1. The van der Waals surface area contributed by atoms with E-state index in [2.05, 4.69) is 17.6 Å². The number of rotatable bonds is 10. The average Bonchev–Trinajstić information content (AvgIpc) is 2.80. The highest BCUT2D eigenvalue weighted by molar-refractivity contribution is 6.06. The lowest BCUT2D eigenvalue weighted by atomic mass is 10.1. The first kappa shape index (κ1) is 22.1. The van der Waals surface area contributed by atoms with Crippen LogP contribution in [0.1, 0.15) is 46.0 Å². The molecule has 3 aromatic rings. The second kappa shape index (κ2) is 11.6. The predicted molar refractivity (Wildman–Crippen MR) is 124 cm³/mol. The number of benzene rings is 3. The largest absolute Gasteiger partial charge is 0.492 e. The van der Waals surface area contributed by atoms with Gasteiger partial charge >= 0.3 is 0 Å². The molecule has 0 aliphatic heterocycles. The normalized spacial score (nSPS) is 10.4. The smallest absolute Gasteiger partial charge is 0.259 e. The van der Waals surface area contributed by atoms with Crippen molar-refractivity contribution in [3.05, 3.63) is 95.6 Å². The van der Waals surface area contributed by atoms with Crippen LogP contribution >= 0.6 is 0 Å². The maximum absolute atomic E-state index is 12.9. The topological polar surface area (TPSA) is 67.4 Å². The molecule has 0 spiro atoms. The van der Waals surface area contributed by atoms with Gasteiger partial charge in [0.15, 0.2) is 0 Å². The molecule has 0 heterocycles. The third kappa shape index (κ3) is 6.71. The molecule has 0 unspecified atom stereocenters. The van der Waals surface area contributed by atoms with Gasteiger partial charge in [-0.25, -0.2) is 0 Å². The number of ether oxygens (including phenoxy) is 1. The molecule has 0 aliphatic carbocycles. The first-order valence-corrected chi connectivity index (χ1v) is 10.6. The Kier molecular flexibility index (Phi) is 8.23. The molecule has 3 aromatic carbocycles. The van der Waals surface area contributed by atoms with Crippen LogP contribution in [0, 0.1) is 0 Å². The van der Waals surface area contributed by atoms with E-state index in [1.165, 1.54) is 5.56 Å². The Morgan fingerprint density at radius 1 is 0.871 bits per heavy atom. The van der Waals surface area contributed by atoms with Crippen molar-refractivity contribution in [2.45, 2.75) is 26.2 Å². The summed E-state index contributed by atoms with van der Waals surface area (Å²) in [5, 5.41) is 5.76. The molecule has 3 rings (SSSR count). The molecule has 0 bridgehead atoms. The van der Waals surface area contributed by atoms with Gasteiger partial charge in [0, 0.05) is 24.2 Å². The number of carbonyl (C=O) groups is 2. The number of para-hydroxylation sites is 1. The Balaban J connectivity index is 1.63. The zero-order valence-corrected chi connectivity index (χ0v) is 17.8. The summed E-state index contributed by atoms with van der Waals surface area (Å²) in [6.07, 6.45) is 2.71.